The lowest BCUT2D eigenvalue weighted by Gasteiger charge is -2.27. The summed E-state index contributed by atoms with van der Waals surface area (Å²) >= 11 is 1.61. The molecule has 0 radical (unpaired) electrons. The van der Waals surface area contributed by atoms with Gasteiger partial charge in [-0.3, -0.25) is 4.79 Å². The van der Waals surface area contributed by atoms with Crippen LogP contribution in [0.4, 0.5) is 9.39 Å². The average molecular weight is 317 g/mol. The zero-order valence-corrected chi connectivity index (χ0v) is 13.0. The van der Waals surface area contributed by atoms with Gasteiger partial charge in [-0.2, -0.15) is 0 Å². The molecule has 114 valence electrons. The SMILES string of the molecule is CN1CCc2c(sc3c2C(=O)N[C@H](c2ccccc2F)N3)C1. The van der Waals surface area contributed by atoms with Crippen molar-refractivity contribution in [2.75, 3.05) is 18.9 Å². The van der Waals surface area contributed by atoms with Crippen molar-refractivity contribution in [1.82, 2.24) is 10.2 Å². The van der Waals surface area contributed by atoms with Gasteiger partial charge in [-0.1, -0.05) is 18.2 Å². The second-order valence-corrected chi connectivity index (χ2v) is 6.87. The summed E-state index contributed by atoms with van der Waals surface area (Å²) in [4.78, 5) is 16.0. The number of carbonyl (C=O) groups excluding carboxylic acids is 1. The summed E-state index contributed by atoms with van der Waals surface area (Å²) in [5.41, 5.74) is 2.36. The fourth-order valence-corrected chi connectivity index (χ4v) is 4.46. The van der Waals surface area contributed by atoms with Gasteiger partial charge in [-0.25, -0.2) is 4.39 Å². The van der Waals surface area contributed by atoms with E-state index in [0.29, 0.717) is 5.56 Å². The first-order valence-electron chi connectivity index (χ1n) is 7.28. The van der Waals surface area contributed by atoms with E-state index in [1.165, 1.54) is 10.9 Å². The van der Waals surface area contributed by atoms with E-state index in [2.05, 4.69) is 22.6 Å². The van der Waals surface area contributed by atoms with Crippen molar-refractivity contribution in [3.05, 3.63) is 51.7 Å². The maximum atomic E-state index is 14.0. The molecule has 0 aliphatic carbocycles. The van der Waals surface area contributed by atoms with Gasteiger partial charge >= 0.3 is 0 Å². The number of rotatable bonds is 1. The predicted molar refractivity (Wildman–Crippen MR) is 84.6 cm³/mol. The summed E-state index contributed by atoms with van der Waals surface area (Å²) in [5, 5.41) is 7.02. The number of nitrogens with one attached hydrogen (secondary N) is 2. The van der Waals surface area contributed by atoms with E-state index in [1.54, 1.807) is 29.5 Å². The van der Waals surface area contributed by atoms with Crippen molar-refractivity contribution in [1.29, 1.82) is 0 Å². The van der Waals surface area contributed by atoms with Crippen molar-refractivity contribution >= 4 is 22.2 Å². The van der Waals surface area contributed by atoms with Crippen molar-refractivity contribution in [3.63, 3.8) is 0 Å². The first-order chi connectivity index (χ1) is 10.6. The Labute approximate surface area is 131 Å². The standard InChI is InChI=1S/C16H16FN3OS/c1-20-7-6-10-12(8-20)22-16-13(10)15(21)18-14(19-16)9-4-2-3-5-11(9)17/h2-5,14,19H,6-8H2,1H3,(H,18,21)/t14-/m0/s1. The Morgan fingerprint density at radius 3 is 2.95 bits per heavy atom. The summed E-state index contributed by atoms with van der Waals surface area (Å²) in [6.07, 6.45) is 0.371. The molecule has 2 aliphatic heterocycles. The molecule has 0 fully saturated rings. The highest BCUT2D eigenvalue weighted by atomic mass is 32.1. The van der Waals surface area contributed by atoms with Crippen LogP contribution in [0.3, 0.4) is 0 Å². The molecule has 6 heteroatoms. The van der Waals surface area contributed by atoms with Crippen LogP contribution in [0.25, 0.3) is 0 Å². The van der Waals surface area contributed by atoms with Crippen LogP contribution in [0.5, 0.6) is 0 Å². The summed E-state index contributed by atoms with van der Waals surface area (Å²) in [7, 11) is 2.08. The molecule has 22 heavy (non-hydrogen) atoms. The minimum atomic E-state index is -0.515. The molecule has 2 N–H and O–H groups in total. The number of hydrogen-bond donors (Lipinski definition) is 2. The smallest absolute Gasteiger partial charge is 0.256 e. The number of nitrogens with zero attached hydrogens (tertiary/aromatic N) is 1. The minimum Gasteiger partial charge on any atom is -0.353 e. The summed E-state index contributed by atoms with van der Waals surface area (Å²) in [6.45, 7) is 1.83. The first-order valence-corrected chi connectivity index (χ1v) is 8.10. The maximum absolute atomic E-state index is 14.0. The van der Waals surface area contributed by atoms with Crippen LogP contribution in [-0.2, 0) is 13.0 Å². The molecular formula is C16H16FN3OS. The highest BCUT2D eigenvalue weighted by molar-refractivity contribution is 7.16. The van der Waals surface area contributed by atoms with Gasteiger partial charge in [-0.15, -0.1) is 11.3 Å². The van der Waals surface area contributed by atoms with Gasteiger partial charge in [0.1, 0.15) is 17.0 Å². The molecule has 1 aromatic carbocycles. The molecule has 0 unspecified atom stereocenters. The number of anilines is 1. The van der Waals surface area contributed by atoms with Gasteiger partial charge < -0.3 is 15.5 Å². The van der Waals surface area contributed by atoms with E-state index in [9.17, 15) is 9.18 Å². The maximum Gasteiger partial charge on any atom is 0.256 e. The Hall–Kier alpha value is -1.92. The van der Waals surface area contributed by atoms with Crippen molar-refractivity contribution < 1.29 is 9.18 Å². The molecule has 2 aliphatic rings. The van der Waals surface area contributed by atoms with Crippen molar-refractivity contribution in [3.8, 4) is 0 Å². The number of amides is 1. The molecule has 1 atom stereocenters. The largest absolute Gasteiger partial charge is 0.353 e. The number of halogens is 1. The Kier molecular flexibility index (Phi) is 3.16. The lowest BCUT2D eigenvalue weighted by atomic mass is 10.0. The van der Waals surface area contributed by atoms with Gasteiger partial charge in [0.25, 0.3) is 5.91 Å². The molecule has 3 heterocycles. The van der Waals surface area contributed by atoms with E-state index in [1.807, 2.05) is 0 Å². The Balaban J connectivity index is 1.73. The van der Waals surface area contributed by atoms with Crippen LogP contribution in [0.1, 0.15) is 32.5 Å². The number of thiophene rings is 1. The zero-order chi connectivity index (χ0) is 15.3. The number of hydrogen-bond acceptors (Lipinski definition) is 4. The normalized spacial score (nSPS) is 20.8. The van der Waals surface area contributed by atoms with Gasteiger partial charge in [0.2, 0.25) is 0 Å². The van der Waals surface area contributed by atoms with Crippen LogP contribution in [0.15, 0.2) is 24.3 Å². The lowest BCUT2D eigenvalue weighted by molar-refractivity contribution is 0.0934. The van der Waals surface area contributed by atoms with E-state index < -0.39 is 6.17 Å². The van der Waals surface area contributed by atoms with Crippen LogP contribution >= 0.6 is 11.3 Å². The van der Waals surface area contributed by atoms with Gasteiger partial charge in [0.05, 0.1) is 5.56 Å². The first kappa shape index (κ1) is 13.7. The summed E-state index contributed by atoms with van der Waals surface area (Å²) < 4.78 is 14.0. The minimum absolute atomic E-state index is 0.107. The Bertz CT molecular complexity index is 758. The average Bonchev–Trinajstić information content (AvgIpc) is 2.85. The molecular weight excluding hydrogens is 301 g/mol. The molecule has 1 amide bonds. The zero-order valence-electron chi connectivity index (χ0n) is 12.1. The van der Waals surface area contributed by atoms with Crippen LogP contribution in [0, 0.1) is 5.82 Å². The molecule has 4 nitrogen and oxygen atoms in total. The topological polar surface area (TPSA) is 44.4 Å². The molecule has 4 rings (SSSR count). The number of benzene rings is 1. The van der Waals surface area contributed by atoms with E-state index in [4.69, 9.17) is 0 Å². The Morgan fingerprint density at radius 2 is 2.14 bits per heavy atom. The lowest BCUT2D eigenvalue weighted by Crippen LogP contribution is -2.39. The monoisotopic (exact) mass is 317 g/mol. The third-order valence-electron chi connectivity index (χ3n) is 4.24. The van der Waals surface area contributed by atoms with Gasteiger partial charge in [-0.05, 0) is 25.1 Å². The fraction of sp³-hybridized carbons (Fsp3) is 0.312. The van der Waals surface area contributed by atoms with E-state index >= 15 is 0 Å². The highest BCUT2D eigenvalue weighted by Crippen LogP contribution is 2.40. The molecule has 1 aromatic heterocycles. The second kappa shape index (κ2) is 5.07. The summed E-state index contributed by atoms with van der Waals surface area (Å²) in [5.74, 6) is -0.422. The quantitative estimate of drug-likeness (QED) is 0.850. The van der Waals surface area contributed by atoms with E-state index in [0.717, 1.165) is 35.6 Å². The van der Waals surface area contributed by atoms with Gasteiger partial charge in [0.15, 0.2) is 0 Å². The van der Waals surface area contributed by atoms with Gasteiger partial charge in [0, 0.05) is 23.5 Å². The van der Waals surface area contributed by atoms with Crippen LogP contribution in [-0.4, -0.2) is 24.4 Å². The van der Waals surface area contributed by atoms with Crippen molar-refractivity contribution in [2.45, 2.75) is 19.1 Å². The molecule has 0 spiro atoms. The molecule has 2 aromatic rings. The molecule has 0 saturated carbocycles. The highest BCUT2D eigenvalue weighted by Gasteiger charge is 2.33. The van der Waals surface area contributed by atoms with Crippen LogP contribution < -0.4 is 10.6 Å². The number of fused-ring (bicyclic) bond motifs is 3. The Morgan fingerprint density at radius 1 is 1.32 bits per heavy atom. The molecule has 0 saturated heterocycles. The third-order valence-corrected chi connectivity index (χ3v) is 5.39. The van der Waals surface area contributed by atoms with Crippen LogP contribution in [0.2, 0.25) is 0 Å². The summed E-state index contributed by atoms with van der Waals surface area (Å²) in [6, 6.07) is 6.53. The molecule has 0 bridgehead atoms. The second-order valence-electron chi connectivity index (χ2n) is 5.77. The third kappa shape index (κ3) is 2.10. The number of carbonyl (C=O) groups is 1. The van der Waals surface area contributed by atoms with Crippen molar-refractivity contribution in [2.24, 2.45) is 0 Å². The van der Waals surface area contributed by atoms with E-state index in [-0.39, 0.29) is 11.7 Å². The fourth-order valence-electron chi connectivity index (χ4n) is 3.11. The predicted octanol–water partition coefficient (Wildman–Crippen LogP) is 2.73. The number of likely N-dealkylation sites (N-methyl/N-ethyl adjacent to an activating group) is 1.